The van der Waals surface area contributed by atoms with Gasteiger partial charge in [0.2, 0.25) is 5.79 Å². The van der Waals surface area contributed by atoms with Crippen LogP contribution in [0.2, 0.25) is 0 Å². The molecule has 0 saturated heterocycles. The molecular formula is C16H24O3. The number of hydrogen-bond donors (Lipinski definition) is 0. The number of hydrogen-bond acceptors (Lipinski definition) is 3. The number of methoxy groups -OCH3 is 1. The van der Waals surface area contributed by atoms with Crippen molar-refractivity contribution >= 4 is 5.97 Å². The number of esters is 1. The van der Waals surface area contributed by atoms with Gasteiger partial charge in [-0.05, 0) is 35.5 Å². The fraction of sp³-hybridized carbons (Fsp3) is 0.812. The van der Waals surface area contributed by atoms with Gasteiger partial charge in [0.15, 0.2) is 0 Å². The maximum absolute atomic E-state index is 11.8. The third-order valence-corrected chi connectivity index (χ3v) is 6.82. The van der Waals surface area contributed by atoms with E-state index in [0.717, 1.165) is 12.0 Å². The second-order valence-corrected chi connectivity index (χ2v) is 7.15. The van der Waals surface area contributed by atoms with E-state index in [0.29, 0.717) is 11.8 Å². The molecule has 0 spiro atoms. The minimum Gasteiger partial charge on any atom is -0.426 e. The summed E-state index contributed by atoms with van der Waals surface area (Å²) in [5, 5.41) is 0. The number of carbonyl (C=O) groups excluding carboxylic acids is 1. The van der Waals surface area contributed by atoms with Crippen LogP contribution in [0.25, 0.3) is 0 Å². The molecule has 0 bridgehead atoms. The summed E-state index contributed by atoms with van der Waals surface area (Å²) in [7, 11) is 1.66. The minimum atomic E-state index is -0.802. The fourth-order valence-corrected chi connectivity index (χ4v) is 4.91. The molecule has 2 aliphatic carbocycles. The van der Waals surface area contributed by atoms with Crippen molar-refractivity contribution in [2.45, 2.75) is 52.7 Å². The molecule has 0 N–H and O–H groups in total. The lowest BCUT2D eigenvalue weighted by Crippen LogP contribution is -2.56. The molecule has 0 radical (unpaired) electrons. The van der Waals surface area contributed by atoms with Crippen molar-refractivity contribution in [2.75, 3.05) is 7.11 Å². The van der Waals surface area contributed by atoms with Gasteiger partial charge >= 0.3 is 5.97 Å². The zero-order valence-electron chi connectivity index (χ0n) is 12.6. The Labute approximate surface area is 115 Å². The largest absolute Gasteiger partial charge is 0.426 e. The fourth-order valence-electron chi connectivity index (χ4n) is 4.91. The first-order chi connectivity index (χ1) is 8.79. The molecule has 3 aliphatic rings. The predicted octanol–water partition coefficient (Wildman–Crippen LogP) is 3.29. The summed E-state index contributed by atoms with van der Waals surface area (Å²) in [4.78, 5) is 11.8. The molecule has 19 heavy (non-hydrogen) atoms. The van der Waals surface area contributed by atoms with Crippen LogP contribution in [0.1, 0.15) is 47.0 Å². The summed E-state index contributed by atoms with van der Waals surface area (Å²) in [6, 6.07) is 0. The van der Waals surface area contributed by atoms with Gasteiger partial charge in [-0.2, -0.15) is 0 Å². The van der Waals surface area contributed by atoms with Crippen LogP contribution in [0.15, 0.2) is 11.6 Å². The maximum atomic E-state index is 11.8. The van der Waals surface area contributed by atoms with Crippen molar-refractivity contribution in [3.8, 4) is 0 Å². The smallest absolute Gasteiger partial charge is 0.333 e. The molecule has 3 nitrogen and oxygen atoms in total. The SMILES string of the molecule is COC12CC3(C)C(C)CCC3(C)C(C)C1=CC(=O)O2. The Morgan fingerprint density at radius 3 is 2.63 bits per heavy atom. The highest BCUT2D eigenvalue weighted by Crippen LogP contribution is 2.69. The first-order valence-corrected chi connectivity index (χ1v) is 7.29. The quantitative estimate of drug-likeness (QED) is 0.682. The maximum Gasteiger partial charge on any atom is 0.333 e. The third kappa shape index (κ3) is 1.35. The Bertz CT molecular complexity index is 469. The standard InChI is InChI=1S/C16H24O3/c1-10-6-7-14(3)11(2)12-8-13(17)19-16(12,18-5)9-15(10,14)4/h8,10-11H,6-7,9H2,1-5H3. The lowest BCUT2D eigenvalue weighted by Gasteiger charge is -2.56. The topological polar surface area (TPSA) is 35.5 Å². The Hall–Kier alpha value is -0.830. The Kier molecular flexibility index (Phi) is 2.52. The number of fused-ring (bicyclic) bond motifs is 2. The van der Waals surface area contributed by atoms with E-state index in [4.69, 9.17) is 9.47 Å². The van der Waals surface area contributed by atoms with Gasteiger partial charge in [0.25, 0.3) is 0 Å². The normalized spacial score (nSPS) is 52.5. The Morgan fingerprint density at radius 1 is 1.32 bits per heavy atom. The second kappa shape index (κ2) is 3.63. The highest BCUT2D eigenvalue weighted by molar-refractivity contribution is 5.86. The summed E-state index contributed by atoms with van der Waals surface area (Å²) < 4.78 is 11.3. The van der Waals surface area contributed by atoms with Crippen LogP contribution >= 0.6 is 0 Å². The predicted molar refractivity (Wildman–Crippen MR) is 72.3 cm³/mol. The van der Waals surface area contributed by atoms with Gasteiger partial charge in [-0.15, -0.1) is 0 Å². The molecular weight excluding hydrogens is 240 g/mol. The van der Waals surface area contributed by atoms with E-state index >= 15 is 0 Å². The summed E-state index contributed by atoms with van der Waals surface area (Å²) in [5.74, 6) is -0.0949. The van der Waals surface area contributed by atoms with Crippen molar-refractivity contribution < 1.29 is 14.3 Å². The van der Waals surface area contributed by atoms with Crippen LogP contribution in [0.5, 0.6) is 0 Å². The number of carbonyl (C=O) groups is 1. The first-order valence-electron chi connectivity index (χ1n) is 7.29. The van der Waals surface area contributed by atoms with E-state index in [1.807, 2.05) is 0 Å². The molecule has 2 saturated carbocycles. The van der Waals surface area contributed by atoms with Crippen LogP contribution in [0, 0.1) is 22.7 Å². The van der Waals surface area contributed by atoms with Crippen molar-refractivity contribution in [3.05, 3.63) is 11.6 Å². The average molecular weight is 264 g/mol. The molecule has 0 amide bonds. The van der Waals surface area contributed by atoms with E-state index in [2.05, 4.69) is 27.7 Å². The molecule has 3 rings (SSSR count). The van der Waals surface area contributed by atoms with Crippen molar-refractivity contribution in [1.82, 2.24) is 0 Å². The molecule has 2 fully saturated rings. The first kappa shape index (κ1) is 13.2. The molecule has 1 heterocycles. The number of ether oxygens (including phenoxy) is 2. The van der Waals surface area contributed by atoms with E-state index < -0.39 is 5.79 Å². The van der Waals surface area contributed by atoms with Crippen LogP contribution in [0.4, 0.5) is 0 Å². The van der Waals surface area contributed by atoms with Gasteiger partial charge < -0.3 is 9.47 Å². The zero-order chi connectivity index (χ0) is 14.1. The van der Waals surface area contributed by atoms with Gasteiger partial charge in [-0.25, -0.2) is 4.79 Å². The van der Waals surface area contributed by atoms with E-state index in [1.165, 1.54) is 12.8 Å². The van der Waals surface area contributed by atoms with Gasteiger partial charge in [0.05, 0.1) is 0 Å². The lowest BCUT2D eigenvalue weighted by atomic mass is 9.50. The van der Waals surface area contributed by atoms with E-state index in [1.54, 1.807) is 13.2 Å². The average Bonchev–Trinajstić information content (AvgIpc) is 2.80. The summed E-state index contributed by atoms with van der Waals surface area (Å²) in [6.45, 7) is 9.29. The van der Waals surface area contributed by atoms with Gasteiger partial charge in [0, 0.05) is 25.2 Å². The zero-order valence-corrected chi connectivity index (χ0v) is 12.6. The summed E-state index contributed by atoms with van der Waals surface area (Å²) in [6.07, 6.45) is 4.92. The minimum absolute atomic E-state index is 0.157. The van der Waals surface area contributed by atoms with Crippen molar-refractivity contribution in [1.29, 1.82) is 0 Å². The van der Waals surface area contributed by atoms with Crippen LogP contribution in [-0.2, 0) is 14.3 Å². The summed E-state index contributed by atoms with van der Waals surface area (Å²) >= 11 is 0. The van der Waals surface area contributed by atoms with Crippen LogP contribution in [-0.4, -0.2) is 18.9 Å². The second-order valence-electron chi connectivity index (χ2n) is 7.15. The summed E-state index contributed by atoms with van der Waals surface area (Å²) in [5.41, 5.74) is 1.44. The molecule has 1 aliphatic heterocycles. The lowest BCUT2D eigenvalue weighted by molar-refractivity contribution is -0.231. The van der Waals surface area contributed by atoms with Gasteiger partial charge in [-0.3, -0.25) is 0 Å². The molecule has 0 aromatic carbocycles. The highest BCUT2D eigenvalue weighted by Gasteiger charge is 2.66. The van der Waals surface area contributed by atoms with Crippen molar-refractivity contribution in [2.24, 2.45) is 22.7 Å². The number of rotatable bonds is 1. The Morgan fingerprint density at radius 2 is 2.00 bits per heavy atom. The molecule has 3 heteroatoms. The van der Waals surface area contributed by atoms with Gasteiger partial charge in [-0.1, -0.05) is 27.7 Å². The molecule has 106 valence electrons. The van der Waals surface area contributed by atoms with E-state index in [-0.39, 0.29) is 16.8 Å². The van der Waals surface area contributed by atoms with Crippen LogP contribution < -0.4 is 0 Å². The van der Waals surface area contributed by atoms with Crippen LogP contribution in [0.3, 0.4) is 0 Å². The third-order valence-electron chi connectivity index (χ3n) is 6.82. The van der Waals surface area contributed by atoms with E-state index in [9.17, 15) is 4.79 Å². The Balaban J connectivity index is 2.14. The highest BCUT2D eigenvalue weighted by atomic mass is 16.7. The monoisotopic (exact) mass is 264 g/mol. The molecule has 5 unspecified atom stereocenters. The van der Waals surface area contributed by atoms with Gasteiger partial charge in [0.1, 0.15) is 0 Å². The molecule has 0 aromatic rings. The molecule has 0 aromatic heterocycles. The molecule has 5 atom stereocenters. The van der Waals surface area contributed by atoms with Crippen molar-refractivity contribution in [3.63, 3.8) is 0 Å².